The van der Waals surface area contributed by atoms with Crippen molar-refractivity contribution < 1.29 is 9.13 Å². The van der Waals surface area contributed by atoms with E-state index in [0.29, 0.717) is 11.8 Å². The van der Waals surface area contributed by atoms with Crippen molar-refractivity contribution in [1.82, 2.24) is 4.90 Å². The van der Waals surface area contributed by atoms with Gasteiger partial charge < -0.3 is 9.64 Å². The molecule has 17 heavy (non-hydrogen) atoms. The van der Waals surface area contributed by atoms with Gasteiger partial charge >= 0.3 is 0 Å². The third kappa shape index (κ3) is 3.43. The van der Waals surface area contributed by atoms with Crippen molar-refractivity contribution in [2.45, 2.75) is 38.8 Å². The molecule has 0 unspecified atom stereocenters. The summed E-state index contributed by atoms with van der Waals surface area (Å²) in [6.45, 7) is 6.57. The van der Waals surface area contributed by atoms with Crippen molar-refractivity contribution in [1.29, 1.82) is 0 Å². The highest BCUT2D eigenvalue weighted by Crippen LogP contribution is 2.20. The number of benzene rings is 1. The second kappa shape index (κ2) is 5.50. The minimum Gasteiger partial charge on any atom is -0.490 e. The molecular formula is C14H20FNO. The second-order valence-electron chi connectivity index (χ2n) is 4.90. The summed E-state index contributed by atoms with van der Waals surface area (Å²) < 4.78 is 18.8. The Morgan fingerprint density at radius 1 is 1.29 bits per heavy atom. The maximum absolute atomic E-state index is 13.0. The summed E-state index contributed by atoms with van der Waals surface area (Å²) in [5, 5.41) is 0. The minimum atomic E-state index is -0.234. The normalized spacial score (nSPS) is 18.6. The van der Waals surface area contributed by atoms with Gasteiger partial charge in [0.1, 0.15) is 17.7 Å². The van der Waals surface area contributed by atoms with Crippen LogP contribution in [-0.4, -0.2) is 30.1 Å². The maximum Gasteiger partial charge on any atom is 0.126 e. The van der Waals surface area contributed by atoms with Gasteiger partial charge in [0.05, 0.1) is 0 Å². The Labute approximate surface area is 102 Å². The predicted octanol–water partition coefficient (Wildman–Crippen LogP) is 3.08. The fourth-order valence-corrected chi connectivity index (χ4v) is 2.24. The van der Waals surface area contributed by atoms with Crippen LogP contribution in [-0.2, 0) is 0 Å². The molecule has 0 N–H and O–H groups in total. The average Bonchev–Trinajstić information content (AvgIpc) is 2.29. The van der Waals surface area contributed by atoms with Crippen molar-refractivity contribution >= 4 is 0 Å². The van der Waals surface area contributed by atoms with Crippen LogP contribution >= 0.6 is 0 Å². The van der Waals surface area contributed by atoms with Crippen LogP contribution in [0, 0.1) is 5.82 Å². The molecule has 1 aromatic rings. The highest BCUT2D eigenvalue weighted by molar-refractivity contribution is 5.22. The van der Waals surface area contributed by atoms with Gasteiger partial charge in [-0.15, -0.1) is 0 Å². The molecule has 1 aliphatic rings. The van der Waals surface area contributed by atoms with Crippen LogP contribution < -0.4 is 4.74 Å². The second-order valence-corrected chi connectivity index (χ2v) is 4.90. The molecule has 0 spiro atoms. The molecule has 94 valence electrons. The summed E-state index contributed by atoms with van der Waals surface area (Å²) in [5.41, 5.74) is 0. The van der Waals surface area contributed by atoms with Crippen molar-refractivity contribution in [3.8, 4) is 5.75 Å². The van der Waals surface area contributed by atoms with E-state index < -0.39 is 0 Å². The lowest BCUT2D eigenvalue weighted by Crippen LogP contribution is -2.41. The maximum atomic E-state index is 13.0. The fraction of sp³-hybridized carbons (Fsp3) is 0.571. The number of halogens is 1. The monoisotopic (exact) mass is 237 g/mol. The number of rotatable bonds is 3. The molecular weight excluding hydrogens is 217 g/mol. The number of nitrogens with zero attached hydrogens (tertiary/aromatic N) is 1. The molecule has 1 aromatic carbocycles. The van der Waals surface area contributed by atoms with Crippen LogP contribution in [0.3, 0.4) is 0 Å². The molecule has 1 aliphatic heterocycles. The van der Waals surface area contributed by atoms with Gasteiger partial charge in [-0.1, -0.05) is 6.07 Å². The number of hydrogen-bond donors (Lipinski definition) is 0. The van der Waals surface area contributed by atoms with Crippen LogP contribution in [0.5, 0.6) is 5.75 Å². The first-order chi connectivity index (χ1) is 8.15. The zero-order valence-electron chi connectivity index (χ0n) is 10.5. The molecule has 2 rings (SSSR count). The highest BCUT2D eigenvalue weighted by atomic mass is 19.1. The molecule has 1 heterocycles. The Bertz CT molecular complexity index is 359. The van der Waals surface area contributed by atoms with Crippen molar-refractivity contribution in [3.63, 3.8) is 0 Å². The van der Waals surface area contributed by atoms with Gasteiger partial charge in [0, 0.05) is 25.2 Å². The number of likely N-dealkylation sites (tertiary alicyclic amines) is 1. The number of piperidine rings is 1. The topological polar surface area (TPSA) is 12.5 Å². The number of ether oxygens (including phenoxy) is 1. The van der Waals surface area contributed by atoms with Gasteiger partial charge in [0.2, 0.25) is 0 Å². The Morgan fingerprint density at radius 2 is 2.00 bits per heavy atom. The molecule has 0 bridgehead atoms. The first kappa shape index (κ1) is 12.4. The highest BCUT2D eigenvalue weighted by Gasteiger charge is 2.21. The molecule has 0 saturated carbocycles. The van der Waals surface area contributed by atoms with Crippen molar-refractivity contribution in [2.24, 2.45) is 0 Å². The van der Waals surface area contributed by atoms with E-state index in [0.717, 1.165) is 25.9 Å². The average molecular weight is 237 g/mol. The van der Waals surface area contributed by atoms with Crippen LogP contribution in [0.25, 0.3) is 0 Å². The zero-order valence-corrected chi connectivity index (χ0v) is 10.5. The van der Waals surface area contributed by atoms with Crippen molar-refractivity contribution in [3.05, 3.63) is 30.1 Å². The largest absolute Gasteiger partial charge is 0.490 e. The summed E-state index contributed by atoms with van der Waals surface area (Å²) in [6, 6.07) is 7.00. The van der Waals surface area contributed by atoms with Crippen LogP contribution in [0.4, 0.5) is 4.39 Å². The standard InChI is InChI=1S/C14H20FNO/c1-11(2)16-8-6-13(7-9-16)17-14-5-3-4-12(15)10-14/h3-5,10-11,13H,6-9H2,1-2H3. The van der Waals surface area contributed by atoms with E-state index in [2.05, 4.69) is 18.7 Å². The minimum absolute atomic E-state index is 0.229. The zero-order chi connectivity index (χ0) is 12.3. The smallest absolute Gasteiger partial charge is 0.126 e. The Morgan fingerprint density at radius 3 is 2.59 bits per heavy atom. The summed E-state index contributed by atoms with van der Waals surface area (Å²) in [7, 11) is 0. The third-order valence-corrected chi connectivity index (χ3v) is 3.31. The van der Waals surface area contributed by atoms with Gasteiger partial charge in [-0.3, -0.25) is 0 Å². The van der Waals surface area contributed by atoms with E-state index in [-0.39, 0.29) is 11.9 Å². The molecule has 1 saturated heterocycles. The van der Waals surface area contributed by atoms with E-state index in [4.69, 9.17) is 4.74 Å². The molecule has 3 heteroatoms. The van der Waals surface area contributed by atoms with E-state index in [1.165, 1.54) is 12.1 Å². The molecule has 0 radical (unpaired) electrons. The quantitative estimate of drug-likeness (QED) is 0.801. The van der Waals surface area contributed by atoms with Crippen molar-refractivity contribution in [2.75, 3.05) is 13.1 Å². The Hall–Kier alpha value is -1.09. The van der Waals surface area contributed by atoms with Gasteiger partial charge in [0.15, 0.2) is 0 Å². The van der Waals surface area contributed by atoms with Crippen LogP contribution in [0.1, 0.15) is 26.7 Å². The Balaban J connectivity index is 1.86. The van der Waals surface area contributed by atoms with E-state index in [1.807, 2.05) is 6.07 Å². The molecule has 0 atom stereocenters. The summed E-state index contributed by atoms with van der Waals surface area (Å²) in [5.74, 6) is 0.412. The third-order valence-electron chi connectivity index (χ3n) is 3.31. The van der Waals surface area contributed by atoms with Crippen LogP contribution in [0.2, 0.25) is 0 Å². The molecule has 0 amide bonds. The lowest BCUT2D eigenvalue weighted by Gasteiger charge is -2.34. The predicted molar refractivity (Wildman–Crippen MR) is 66.8 cm³/mol. The van der Waals surface area contributed by atoms with Gasteiger partial charge in [0.25, 0.3) is 0 Å². The fourth-order valence-electron chi connectivity index (χ4n) is 2.24. The summed E-state index contributed by atoms with van der Waals surface area (Å²) in [6.07, 6.45) is 2.27. The van der Waals surface area contributed by atoms with E-state index >= 15 is 0 Å². The summed E-state index contributed by atoms with van der Waals surface area (Å²) >= 11 is 0. The van der Waals surface area contributed by atoms with Crippen LogP contribution in [0.15, 0.2) is 24.3 Å². The number of hydrogen-bond acceptors (Lipinski definition) is 2. The lowest BCUT2D eigenvalue weighted by atomic mass is 10.1. The summed E-state index contributed by atoms with van der Waals surface area (Å²) in [4.78, 5) is 2.45. The SMILES string of the molecule is CC(C)N1CCC(Oc2cccc(F)c2)CC1. The lowest BCUT2D eigenvalue weighted by molar-refractivity contribution is 0.0841. The molecule has 0 aromatic heterocycles. The first-order valence-electron chi connectivity index (χ1n) is 6.31. The van der Waals surface area contributed by atoms with E-state index in [9.17, 15) is 4.39 Å². The van der Waals surface area contributed by atoms with E-state index in [1.54, 1.807) is 6.07 Å². The van der Waals surface area contributed by atoms with Gasteiger partial charge in [-0.25, -0.2) is 4.39 Å². The van der Waals surface area contributed by atoms with Gasteiger partial charge in [-0.2, -0.15) is 0 Å². The molecule has 2 nitrogen and oxygen atoms in total. The Kier molecular flexibility index (Phi) is 4.00. The van der Waals surface area contributed by atoms with Gasteiger partial charge in [-0.05, 0) is 38.8 Å². The first-order valence-corrected chi connectivity index (χ1v) is 6.31. The molecule has 0 aliphatic carbocycles. The molecule has 1 fully saturated rings.